The van der Waals surface area contributed by atoms with Crippen molar-refractivity contribution in [1.82, 2.24) is 15.3 Å². The van der Waals surface area contributed by atoms with Crippen LogP contribution in [0.1, 0.15) is 58.1 Å². The number of nitrogens with zero attached hydrogens (tertiary/aromatic N) is 2. The Hall–Kier alpha value is -1.76. The van der Waals surface area contributed by atoms with E-state index in [9.17, 15) is 4.39 Å². The van der Waals surface area contributed by atoms with Gasteiger partial charge in [0.2, 0.25) is 0 Å². The fraction of sp³-hybridized carbons (Fsp3) is 0.615. The van der Waals surface area contributed by atoms with Gasteiger partial charge in [0.1, 0.15) is 11.0 Å². The van der Waals surface area contributed by atoms with E-state index in [4.69, 9.17) is 16.3 Å². The Kier molecular flexibility index (Phi) is 7.87. The summed E-state index contributed by atoms with van der Waals surface area (Å²) < 4.78 is 20.0. The van der Waals surface area contributed by atoms with Crippen LogP contribution in [0.25, 0.3) is 11.1 Å². The number of anilines is 1. The van der Waals surface area contributed by atoms with Crippen molar-refractivity contribution in [3.05, 3.63) is 41.2 Å². The predicted molar refractivity (Wildman–Crippen MR) is 132 cm³/mol. The van der Waals surface area contributed by atoms with Crippen molar-refractivity contribution >= 4 is 17.3 Å². The number of hydrogen-bond donors (Lipinski definition) is 2. The highest BCUT2D eigenvalue weighted by Gasteiger charge is 2.36. The fourth-order valence-corrected chi connectivity index (χ4v) is 4.97. The van der Waals surface area contributed by atoms with Gasteiger partial charge in [-0.3, -0.25) is 4.98 Å². The summed E-state index contributed by atoms with van der Waals surface area (Å²) in [5.74, 6) is 0.196. The fourth-order valence-electron chi connectivity index (χ4n) is 4.77. The third-order valence-electron chi connectivity index (χ3n) is 7.15. The summed E-state index contributed by atoms with van der Waals surface area (Å²) in [4.78, 5) is 8.70. The summed E-state index contributed by atoms with van der Waals surface area (Å²) in [5, 5.41) is 7.41. The Morgan fingerprint density at radius 3 is 2.61 bits per heavy atom. The third-order valence-corrected chi connectivity index (χ3v) is 7.45. The van der Waals surface area contributed by atoms with E-state index in [0.717, 1.165) is 56.6 Å². The van der Waals surface area contributed by atoms with E-state index in [2.05, 4.69) is 34.4 Å². The number of methoxy groups -OCH3 is 1. The summed E-state index contributed by atoms with van der Waals surface area (Å²) in [6.45, 7) is 6.05. The third kappa shape index (κ3) is 6.65. The second-order valence-corrected chi connectivity index (χ2v) is 10.7. The van der Waals surface area contributed by atoms with Gasteiger partial charge < -0.3 is 15.4 Å². The molecule has 0 amide bonds. The summed E-state index contributed by atoms with van der Waals surface area (Å²) in [5.41, 5.74) is 3.24. The second kappa shape index (κ2) is 10.7. The zero-order valence-electron chi connectivity index (χ0n) is 20.0. The number of halogens is 2. The monoisotopic (exact) mass is 474 g/mol. The van der Waals surface area contributed by atoms with Gasteiger partial charge in [-0.2, -0.15) is 0 Å². The highest BCUT2D eigenvalue weighted by Crippen LogP contribution is 2.45. The molecule has 0 saturated heterocycles. The SMILES string of the molecule is COC[C@H](C)NC1CCC(Cc2cc(-c3cc(NCC4(C)CC4)cnc3Cl)c(F)cn2)CC1. The average Bonchev–Trinajstić information content (AvgIpc) is 3.53. The van der Waals surface area contributed by atoms with Crippen LogP contribution in [0.2, 0.25) is 5.15 Å². The molecule has 7 heteroatoms. The summed E-state index contributed by atoms with van der Waals surface area (Å²) >= 11 is 6.39. The average molecular weight is 475 g/mol. The molecule has 4 rings (SSSR count). The van der Waals surface area contributed by atoms with Gasteiger partial charge in [-0.15, -0.1) is 0 Å². The number of pyridine rings is 2. The largest absolute Gasteiger partial charge is 0.383 e. The lowest BCUT2D eigenvalue weighted by Gasteiger charge is -2.31. The van der Waals surface area contributed by atoms with Gasteiger partial charge in [0.15, 0.2) is 0 Å². The molecule has 2 fully saturated rings. The van der Waals surface area contributed by atoms with Crippen molar-refractivity contribution in [2.24, 2.45) is 11.3 Å². The lowest BCUT2D eigenvalue weighted by Crippen LogP contribution is -2.41. The molecule has 2 aromatic rings. The van der Waals surface area contributed by atoms with E-state index >= 15 is 0 Å². The maximum Gasteiger partial charge on any atom is 0.149 e. The number of nitrogens with one attached hydrogen (secondary N) is 2. The normalized spacial score (nSPS) is 22.7. The minimum Gasteiger partial charge on any atom is -0.383 e. The minimum absolute atomic E-state index is 0.311. The van der Waals surface area contributed by atoms with Crippen LogP contribution in [0.15, 0.2) is 24.5 Å². The Morgan fingerprint density at radius 1 is 1.15 bits per heavy atom. The quantitative estimate of drug-likeness (QED) is 0.421. The van der Waals surface area contributed by atoms with E-state index in [1.807, 2.05) is 12.1 Å². The Morgan fingerprint density at radius 2 is 1.91 bits per heavy atom. The Balaban J connectivity index is 1.40. The van der Waals surface area contributed by atoms with Crippen LogP contribution in [0, 0.1) is 17.2 Å². The molecule has 0 radical (unpaired) electrons. The maximum atomic E-state index is 14.8. The first kappa shape index (κ1) is 24.4. The van der Waals surface area contributed by atoms with Crippen molar-refractivity contribution in [2.75, 3.05) is 25.6 Å². The zero-order valence-corrected chi connectivity index (χ0v) is 20.7. The smallest absolute Gasteiger partial charge is 0.149 e. The topological polar surface area (TPSA) is 59.1 Å². The molecular formula is C26H36ClFN4O. The summed E-state index contributed by atoms with van der Waals surface area (Å²) in [7, 11) is 1.74. The lowest BCUT2D eigenvalue weighted by atomic mass is 9.83. The van der Waals surface area contributed by atoms with Crippen molar-refractivity contribution in [3.8, 4) is 11.1 Å². The van der Waals surface area contributed by atoms with Crippen LogP contribution in [0.3, 0.4) is 0 Å². The maximum absolute atomic E-state index is 14.8. The van der Waals surface area contributed by atoms with Crippen LogP contribution >= 0.6 is 11.6 Å². The molecule has 0 unspecified atom stereocenters. The predicted octanol–water partition coefficient (Wildman–Crippen LogP) is 5.87. The van der Waals surface area contributed by atoms with E-state index in [1.54, 1.807) is 13.3 Å². The van der Waals surface area contributed by atoms with Gasteiger partial charge >= 0.3 is 0 Å². The number of ether oxygens (including phenoxy) is 1. The highest BCUT2D eigenvalue weighted by atomic mass is 35.5. The van der Waals surface area contributed by atoms with Crippen LogP contribution in [0.5, 0.6) is 0 Å². The number of aromatic nitrogens is 2. The van der Waals surface area contributed by atoms with Gasteiger partial charge in [0, 0.05) is 42.6 Å². The highest BCUT2D eigenvalue weighted by molar-refractivity contribution is 6.32. The van der Waals surface area contributed by atoms with E-state index in [1.165, 1.54) is 19.0 Å². The molecule has 2 aliphatic rings. The lowest BCUT2D eigenvalue weighted by molar-refractivity contribution is 0.158. The molecule has 2 aliphatic carbocycles. The van der Waals surface area contributed by atoms with Crippen LogP contribution in [-0.2, 0) is 11.2 Å². The molecule has 5 nitrogen and oxygen atoms in total. The first-order valence-corrected chi connectivity index (χ1v) is 12.5. The van der Waals surface area contributed by atoms with Gasteiger partial charge in [-0.1, -0.05) is 18.5 Å². The number of rotatable bonds is 10. The van der Waals surface area contributed by atoms with Crippen LogP contribution < -0.4 is 10.6 Å². The summed E-state index contributed by atoms with van der Waals surface area (Å²) in [6.07, 6.45) is 11.0. The first-order valence-electron chi connectivity index (χ1n) is 12.1. The molecule has 0 aromatic carbocycles. The molecular weight excluding hydrogens is 439 g/mol. The zero-order chi connectivity index (χ0) is 23.4. The van der Waals surface area contributed by atoms with Gasteiger partial charge in [0.05, 0.1) is 24.7 Å². The van der Waals surface area contributed by atoms with E-state index in [-0.39, 0.29) is 5.82 Å². The van der Waals surface area contributed by atoms with Gasteiger partial charge in [-0.25, -0.2) is 9.37 Å². The van der Waals surface area contributed by atoms with Gasteiger partial charge in [-0.05, 0) is 75.3 Å². The molecule has 1 atom stereocenters. The summed E-state index contributed by atoms with van der Waals surface area (Å²) in [6, 6.07) is 4.67. The molecule has 2 heterocycles. The van der Waals surface area contributed by atoms with Crippen LogP contribution in [0.4, 0.5) is 10.1 Å². The van der Waals surface area contributed by atoms with Crippen molar-refractivity contribution in [3.63, 3.8) is 0 Å². The van der Waals surface area contributed by atoms with Crippen molar-refractivity contribution in [1.29, 1.82) is 0 Å². The second-order valence-electron chi connectivity index (χ2n) is 10.3. The molecule has 2 N–H and O–H groups in total. The molecule has 0 bridgehead atoms. The standard InChI is InChI=1S/C26H36ClFN4O/c1-17(15-33-3)32-19-6-4-18(5-7-19)10-20-11-22(24(28)14-29-20)23-12-21(13-30-25(23)27)31-16-26(2)8-9-26/h11-14,17-19,31-32H,4-10,15-16H2,1-3H3/t17-,18?,19?/m0/s1. The molecule has 2 aromatic heterocycles. The molecule has 0 spiro atoms. The first-order chi connectivity index (χ1) is 15.8. The van der Waals surface area contributed by atoms with Crippen molar-refractivity contribution in [2.45, 2.75) is 70.9 Å². The minimum atomic E-state index is -0.367. The molecule has 180 valence electrons. The molecule has 0 aliphatic heterocycles. The van der Waals surface area contributed by atoms with Gasteiger partial charge in [0.25, 0.3) is 0 Å². The van der Waals surface area contributed by atoms with E-state index in [0.29, 0.717) is 39.7 Å². The molecule has 2 saturated carbocycles. The van der Waals surface area contributed by atoms with Crippen molar-refractivity contribution < 1.29 is 9.13 Å². The Bertz CT molecular complexity index is 944. The number of hydrogen-bond acceptors (Lipinski definition) is 5. The Labute approximate surface area is 201 Å². The van der Waals surface area contributed by atoms with Crippen LogP contribution in [-0.4, -0.2) is 42.3 Å². The van der Waals surface area contributed by atoms with E-state index < -0.39 is 0 Å². The molecule has 33 heavy (non-hydrogen) atoms.